The second-order valence-electron chi connectivity index (χ2n) is 3.70. The van der Waals surface area contributed by atoms with Crippen LogP contribution in [0.4, 0.5) is 11.6 Å². The highest BCUT2D eigenvalue weighted by atomic mass is 15.2. The van der Waals surface area contributed by atoms with E-state index in [1.807, 2.05) is 7.05 Å². The second kappa shape index (κ2) is 4.79. The van der Waals surface area contributed by atoms with Crippen LogP contribution in [0.3, 0.4) is 0 Å². The Morgan fingerprint density at radius 1 is 1.50 bits per heavy atom. The standard InChI is InChI=1S/C10H18N4/c1-4-8(2)7-14(3)10-6-12-5-9(11)13-10/h5-6,8H,4,7H2,1-3H3,(H2,11,13). The van der Waals surface area contributed by atoms with E-state index in [1.54, 1.807) is 12.4 Å². The summed E-state index contributed by atoms with van der Waals surface area (Å²) >= 11 is 0. The van der Waals surface area contributed by atoms with Gasteiger partial charge in [0.15, 0.2) is 0 Å². The van der Waals surface area contributed by atoms with E-state index < -0.39 is 0 Å². The van der Waals surface area contributed by atoms with Crippen molar-refractivity contribution in [3.05, 3.63) is 12.4 Å². The molecule has 0 aliphatic heterocycles. The zero-order valence-corrected chi connectivity index (χ0v) is 9.07. The van der Waals surface area contributed by atoms with Gasteiger partial charge in [-0.3, -0.25) is 4.98 Å². The molecule has 0 amide bonds. The highest BCUT2D eigenvalue weighted by molar-refractivity contribution is 5.40. The molecule has 1 aromatic rings. The van der Waals surface area contributed by atoms with Gasteiger partial charge < -0.3 is 10.6 Å². The van der Waals surface area contributed by atoms with Crippen LogP contribution < -0.4 is 10.6 Å². The zero-order valence-electron chi connectivity index (χ0n) is 9.07. The topological polar surface area (TPSA) is 55.0 Å². The molecule has 4 nitrogen and oxygen atoms in total. The average molecular weight is 194 g/mol. The number of nitrogens with two attached hydrogens (primary N) is 1. The minimum atomic E-state index is 0.471. The Bertz CT molecular complexity index is 287. The van der Waals surface area contributed by atoms with Crippen molar-refractivity contribution in [3.8, 4) is 0 Å². The summed E-state index contributed by atoms with van der Waals surface area (Å²) in [5, 5.41) is 0. The third-order valence-electron chi connectivity index (χ3n) is 2.31. The summed E-state index contributed by atoms with van der Waals surface area (Å²) < 4.78 is 0. The third kappa shape index (κ3) is 2.87. The molecule has 0 radical (unpaired) electrons. The lowest BCUT2D eigenvalue weighted by atomic mass is 10.1. The van der Waals surface area contributed by atoms with Crippen LogP contribution in [0, 0.1) is 5.92 Å². The molecule has 0 saturated carbocycles. The van der Waals surface area contributed by atoms with Gasteiger partial charge in [-0.2, -0.15) is 0 Å². The summed E-state index contributed by atoms with van der Waals surface area (Å²) in [6.45, 7) is 5.38. The summed E-state index contributed by atoms with van der Waals surface area (Å²) in [4.78, 5) is 10.3. The molecule has 0 aliphatic carbocycles. The number of hydrogen-bond donors (Lipinski definition) is 1. The molecule has 1 heterocycles. The first kappa shape index (κ1) is 10.8. The van der Waals surface area contributed by atoms with E-state index in [0.29, 0.717) is 11.7 Å². The number of aromatic nitrogens is 2. The molecule has 1 unspecified atom stereocenters. The fraction of sp³-hybridized carbons (Fsp3) is 0.600. The van der Waals surface area contributed by atoms with Gasteiger partial charge in [-0.25, -0.2) is 4.98 Å². The van der Waals surface area contributed by atoms with E-state index in [0.717, 1.165) is 12.4 Å². The molecule has 4 heteroatoms. The molecule has 0 aliphatic rings. The molecule has 0 saturated heterocycles. The minimum Gasteiger partial charge on any atom is -0.382 e. The first-order chi connectivity index (χ1) is 6.63. The van der Waals surface area contributed by atoms with Crippen molar-refractivity contribution in [2.45, 2.75) is 20.3 Å². The van der Waals surface area contributed by atoms with Gasteiger partial charge in [0.25, 0.3) is 0 Å². The van der Waals surface area contributed by atoms with Gasteiger partial charge in [-0.15, -0.1) is 0 Å². The predicted molar refractivity (Wildman–Crippen MR) is 59.2 cm³/mol. The number of anilines is 2. The maximum absolute atomic E-state index is 5.56. The highest BCUT2D eigenvalue weighted by Crippen LogP contribution is 2.11. The van der Waals surface area contributed by atoms with Crippen molar-refractivity contribution in [3.63, 3.8) is 0 Å². The predicted octanol–water partition coefficient (Wildman–Crippen LogP) is 1.54. The van der Waals surface area contributed by atoms with Crippen LogP contribution in [0.1, 0.15) is 20.3 Å². The Hall–Kier alpha value is -1.32. The molecule has 0 fully saturated rings. The largest absolute Gasteiger partial charge is 0.382 e. The van der Waals surface area contributed by atoms with Crippen LogP contribution in [-0.2, 0) is 0 Å². The Balaban J connectivity index is 2.64. The summed E-state index contributed by atoms with van der Waals surface area (Å²) in [6, 6.07) is 0. The molecule has 0 spiro atoms. The maximum Gasteiger partial charge on any atom is 0.149 e. The molecule has 78 valence electrons. The fourth-order valence-electron chi connectivity index (χ4n) is 1.24. The van der Waals surface area contributed by atoms with Crippen LogP contribution in [0.25, 0.3) is 0 Å². The Morgan fingerprint density at radius 2 is 2.21 bits per heavy atom. The minimum absolute atomic E-state index is 0.471. The monoisotopic (exact) mass is 194 g/mol. The lowest BCUT2D eigenvalue weighted by Gasteiger charge is -2.21. The SMILES string of the molecule is CCC(C)CN(C)c1cncc(N)n1. The van der Waals surface area contributed by atoms with Gasteiger partial charge in [0.2, 0.25) is 0 Å². The number of nitrogen functional groups attached to an aromatic ring is 1. The molecule has 1 atom stereocenters. The van der Waals surface area contributed by atoms with E-state index in [1.165, 1.54) is 6.42 Å². The van der Waals surface area contributed by atoms with Crippen molar-refractivity contribution in [2.24, 2.45) is 5.92 Å². The van der Waals surface area contributed by atoms with Crippen molar-refractivity contribution < 1.29 is 0 Å². The molecule has 14 heavy (non-hydrogen) atoms. The Labute approximate surface area is 85.2 Å². The third-order valence-corrected chi connectivity index (χ3v) is 2.31. The van der Waals surface area contributed by atoms with Gasteiger partial charge in [0.05, 0.1) is 12.4 Å². The second-order valence-corrected chi connectivity index (χ2v) is 3.70. The smallest absolute Gasteiger partial charge is 0.149 e. The molecule has 1 rings (SSSR count). The van der Waals surface area contributed by atoms with Gasteiger partial charge in [0.1, 0.15) is 11.6 Å². The van der Waals surface area contributed by atoms with Gasteiger partial charge in [-0.1, -0.05) is 20.3 Å². The highest BCUT2D eigenvalue weighted by Gasteiger charge is 2.06. The first-order valence-corrected chi connectivity index (χ1v) is 4.92. The van der Waals surface area contributed by atoms with E-state index in [2.05, 4.69) is 28.7 Å². The molecule has 0 aromatic carbocycles. The quantitative estimate of drug-likeness (QED) is 0.790. The van der Waals surface area contributed by atoms with Crippen LogP contribution in [0.2, 0.25) is 0 Å². The Morgan fingerprint density at radius 3 is 2.79 bits per heavy atom. The van der Waals surface area contributed by atoms with Crippen LogP contribution in [0.15, 0.2) is 12.4 Å². The summed E-state index contributed by atoms with van der Waals surface area (Å²) in [7, 11) is 2.01. The van der Waals surface area contributed by atoms with E-state index >= 15 is 0 Å². The van der Waals surface area contributed by atoms with E-state index in [9.17, 15) is 0 Å². The van der Waals surface area contributed by atoms with Crippen LogP contribution in [0.5, 0.6) is 0 Å². The number of rotatable bonds is 4. The molecular formula is C10H18N4. The van der Waals surface area contributed by atoms with Crippen molar-refractivity contribution >= 4 is 11.6 Å². The number of hydrogen-bond acceptors (Lipinski definition) is 4. The zero-order chi connectivity index (χ0) is 10.6. The molecule has 2 N–H and O–H groups in total. The van der Waals surface area contributed by atoms with Gasteiger partial charge in [0, 0.05) is 13.6 Å². The fourth-order valence-corrected chi connectivity index (χ4v) is 1.24. The van der Waals surface area contributed by atoms with Crippen molar-refractivity contribution in [1.29, 1.82) is 0 Å². The number of nitrogens with zero attached hydrogens (tertiary/aromatic N) is 3. The summed E-state index contributed by atoms with van der Waals surface area (Å²) in [5.41, 5.74) is 5.56. The van der Waals surface area contributed by atoms with E-state index in [4.69, 9.17) is 5.73 Å². The van der Waals surface area contributed by atoms with Crippen molar-refractivity contribution in [1.82, 2.24) is 9.97 Å². The maximum atomic E-state index is 5.56. The summed E-state index contributed by atoms with van der Waals surface area (Å²) in [5.74, 6) is 1.96. The average Bonchev–Trinajstić information content (AvgIpc) is 2.17. The molecule has 1 aromatic heterocycles. The van der Waals surface area contributed by atoms with Gasteiger partial charge in [-0.05, 0) is 5.92 Å². The lowest BCUT2D eigenvalue weighted by molar-refractivity contribution is 0.557. The summed E-state index contributed by atoms with van der Waals surface area (Å²) in [6.07, 6.45) is 4.46. The lowest BCUT2D eigenvalue weighted by Crippen LogP contribution is -2.24. The van der Waals surface area contributed by atoms with Gasteiger partial charge >= 0.3 is 0 Å². The Kier molecular flexibility index (Phi) is 3.68. The van der Waals surface area contributed by atoms with Crippen LogP contribution in [-0.4, -0.2) is 23.6 Å². The van der Waals surface area contributed by atoms with E-state index in [-0.39, 0.29) is 0 Å². The molecular weight excluding hydrogens is 176 g/mol. The first-order valence-electron chi connectivity index (χ1n) is 4.92. The van der Waals surface area contributed by atoms with Crippen molar-refractivity contribution in [2.75, 3.05) is 24.2 Å². The van der Waals surface area contributed by atoms with Crippen LogP contribution >= 0.6 is 0 Å². The molecule has 0 bridgehead atoms. The normalized spacial score (nSPS) is 12.5.